The molecule has 0 saturated carbocycles. The molecule has 0 unspecified atom stereocenters. The number of fused-ring (bicyclic) bond motifs is 1. The van der Waals surface area contributed by atoms with E-state index in [0.29, 0.717) is 17.7 Å². The van der Waals surface area contributed by atoms with Gasteiger partial charge in [-0.05, 0) is 13.8 Å². The average molecular weight is 192 g/mol. The Hall–Kier alpha value is -1.65. The molecule has 0 fully saturated rings. The van der Waals surface area contributed by atoms with Crippen molar-refractivity contribution in [1.29, 1.82) is 0 Å². The summed E-state index contributed by atoms with van der Waals surface area (Å²) in [5.41, 5.74) is 1.11. The van der Waals surface area contributed by atoms with E-state index < -0.39 is 0 Å². The van der Waals surface area contributed by atoms with Crippen molar-refractivity contribution < 1.29 is 0 Å². The lowest BCUT2D eigenvalue weighted by atomic mass is 10.5. The molecule has 0 amide bonds. The van der Waals surface area contributed by atoms with Gasteiger partial charge in [0, 0.05) is 13.1 Å². The topological polar surface area (TPSA) is 52.7 Å². The summed E-state index contributed by atoms with van der Waals surface area (Å²) in [6, 6.07) is 0. The van der Waals surface area contributed by atoms with Gasteiger partial charge in [-0.15, -0.1) is 0 Å². The van der Waals surface area contributed by atoms with Crippen LogP contribution in [0, 0.1) is 0 Å². The molecule has 0 aliphatic heterocycles. The summed E-state index contributed by atoms with van der Waals surface area (Å²) in [6.45, 7) is 5.27. The molecule has 2 heterocycles. The molecule has 0 bridgehead atoms. The van der Waals surface area contributed by atoms with E-state index in [1.54, 1.807) is 10.9 Å². The van der Waals surface area contributed by atoms with E-state index in [2.05, 4.69) is 9.97 Å². The highest BCUT2D eigenvalue weighted by molar-refractivity contribution is 5.68. The van der Waals surface area contributed by atoms with E-state index in [4.69, 9.17) is 0 Å². The van der Waals surface area contributed by atoms with Gasteiger partial charge in [0.25, 0.3) is 5.56 Å². The normalized spacial score (nSPS) is 11.0. The summed E-state index contributed by atoms with van der Waals surface area (Å²) in [7, 11) is 0. The Morgan fingerprint density at radius 2 is 1.71 bits per heavy atom. The Morgan fingerprint density at radius 3 is 2.29 bits per heavy atom. The highest BCUT2D eigenvalue weighted by Gasteiger charge is 2.08. The Labute approximate surface area is 81.0 Å². The van der Waals surface area contributed by atoms with Crippen molar-refractivity contribution in [3.05, 3.63) is 23.0 Å². The first-order valence-corrected chi connectivity index (χ1v) is 4.68. The van der Waals surface area contributed by atoms with Gasteiger partial charge in [0.2, 0.25) is 0 Å². The van der Waals surface area contributed by atoms with Crippen LogP contribution in [0.3, 0.4) is 0 Å². The van der Waals surface area contributed by atoms with Crippen LogP contribution in [0.15, 0.2) is 17.4 Å². The van der Waals surface area contributed by atoms with Crippen LogP contribution in [0.1, 0.15) is 13.8 Å². The molecule has 0 radical (unpaired) electrons. The second-order valence-electron chi connectivity index (χ2n) is 3.04. The highest BCUT2D eigenvalue weighted by atomic mass is 16.1. The van der Waals surface area contributed by atoms with Crippen LogP contribution < -0.4 is 5.56 Å². The molecular weight excluding hydrogens is 180 g/mol. The molecule has 0 saturated heterocycles. The predicted molar refractivity (Wildman–Crippen MR) is 53.1 cm³/mol. The second-order valence-corrected chi connectivity index (χ2v) is 3.04. The summed E-state index contributed by atoms with van der Waals surface area (Å²) in [5.74, 6) is 0. The number of rotatable bonds is 2. The third kappa shape index (κ3) is 1.13. The third-order valence-electron chi connectivity index (χ3n) is 2.28. The van der Waals surface area contributed by atoms with Gasteiger partial charge in [0.05, 0.1) is 6.33 Å². The number of aryl methyl sites for hydroxylation is 2. The van der Waals surface area contributed by atoms with E-state index >= 15 is 0 Å². The highest BCUT2D eigenvalue weighted by Crippen LogP contribution is 2.03. The Balaban J connectivity index is 2.84. The van der Waals surface area contributed by atoms with E-state index in [1.807, 2.05) is 18.4 Å². The molecule has 0 aliphatic carbocycles. The molecule has 2 rings (SSSR count). The van der Waals surface area contributed by atoms with E-state index in [0.717, 1.165) is 6.54 Å². The van der Waals surface area contributed by atoms with Crippen molar-refractivity contribution >= 4 is 11.2 Å². The quantitative estimate of drug-likeness (QED) is 0.701. The Kier molecular flexibility index (Phi) is 2.07. The standard InChI is InChI=1S/C9H12N4O/c1-3-12-5-10-8-7(12)9(14)13(4-2)6-11-8/h5-6H,3-4H2,1-2H3. The van der Waals surface area contributed by atoms with Crippen molar-refractivity contribution in [3.63, 3.8) is 0 Å². The van der Waals surface area contributed by atoms with Gasteiger partial charge in [0.15, 0.2) is 11.2 Å². The zero-order valence-corrected chi connectivity index (χ0v) is 8.27. The Morgan fingerprint density at radius 1 is 1.14 bits per heavy atom. The van der Waals surface area contributed by atoms with Gasteiger partial charge in [-0.25, -0.2) is 9.97 Å². The predicted octanol–water partition coefficient (Wildman–Crippen LogP) is 0.633. The molecule has 74 valence electrons. The van der Waals surface area contributed by atoms with Crippen LogP contribution in [0.25, 0.3) is 11.2 Å². The second kappa shape index (κ2) is 3.25. The summed E-state index contributed by atoms with van der Waals surface area (Å²) in [4.78, 5) is 20.0. The summed E-state index contributed by atoms with van der Waals surface area (Å²) >= 11 is 0. The molecule has 2 aromatic rings. The maximum atomic E-state index is 11.9. The van der Waals surface area contributed by atoms with Crippen LogP contribution in [-0.2, 0) is 13.1 Å². The Bertz CT molecular complexity index is 511. The zero-order valence-electron chi connectivity index (χ0n) is 8.27. The number of imidazole rings is 1. The maximum absolute atomic E-state index is 11.9. The minimum absolute atomic E-state index is 0.0168. The van der Waals surface area contributed by atoms with Gasteiger partial charge in [-0.2, -0.15) is 0 Å². The summed E-state index contributed by atoms with van der Waals surface area (Å²) in [6.07, 6.45) is 3.19. The summed E-state index contributed by atoms with van der Waals surface area (Å²) < 4.78 is 3.40. The van der Waals surface area contributed by atoms with Crippen LogP contribution in [0.5, 0.6) is 0 Å². The van der Waals surface area contributed by atoms with Crippen LogP contribution in [0.4, 0.5) is 0 Å². The van der Waals surface area contributed by atoms with Crippen LogP contribution in [-0.4, -0.2) is 19.1 Å². The maximum Gasteiger partial charge on any atom is 0.279 e. The van der Waals surface area contributed by atoms with Gasteiger partial charge in [0.1, 0.15) is 6.33 Å². The number of hydrogen-bond donors (Lipinski definition) is 0. The number of nitrogens with zero attached hydrogens (tertiary/aromatic N) is 4. The molecule has 14 heavy (non-hydrogen) atoms. The zero-order chi connectivity index (χ0) is 10.1. The van der Waals surface area contributed by atoms with Crippen molar-refractivity contribution in [2.75, 3.05) is 0 Å². The molecule has 0 spiro atoms. The molecule has 0 atom stereocenters. The molecule has 2 aromatic heterocycles. The lowest BCUT2D eigenvalue weighted by molar-refractivity contribution is 0.704. The number of aromatic nitrogens is 4. The van der Waals surface area contributed by atoms with Gasteiger partial charge in [-0.3, -0.25) is 9.36 Å². The monoisotopic (exact) mass is 192 g/mol. The van der Waals surface area contributed by atoms with E-state index in [9.17, 15) is 4.79 Å². The lowest BCUT2D eigenvalue weighted by Crippen LogP contribution is -2.21. The molecular formula is C9H12N4O. The van der Waals surface area contributed by atoms with Crippen LogP contribution >= 0.6 is 0 Å². The first-order chi connectivity index (χ1) is 6.77. The lowest BCUT2D eigenvalue weighted by Gasteiger charge is -2.01. The summed E-state index contributed by atoms with van der Waals surface area (Å²) in [5, 5.41) is 0. The fourth-order valence-corrected chi connectivity index (χ4v) is 1.46. The number of hydrogen-bond acceptors (Lipinski definition) is 3. The van der Waals surface area contributed by atoms with Crippen molar-refractivity contribution in [2.24, 2.45) is 0 Å². The molecule has 0 aliphatic rings. The first-order valence-electron chi connectivity index (χ1n) is 4.68. The molecule has 5 nitrogen and oxygen atoms in total. The minimum atomic E-state index is -0.0168. The minimum Gasteiger partial charge on any atom is -0.325 e. The van der Waals surface area contributed by atoms with Gasteiger partial charge in [-0.1, -0.05) is 0 Å². The third-order valence-corrected chi connectivity index (χ3v) is 2.28. The van der Waals surface area contributed by atoms with Gasteiger partial charge >= 0.3 is 0 Å². The van der Waals surface area contributed by atoms with E-state index in [1.165, 1.54) is 6.33 Å². The van der Waals surface area contributed by atoms with Gasteiger partial charge < -0.3 is 4.57 Å². The fraction of sp³-hybridized carbons (Fsp3) is 0.444. The van der Waals surface area contributed by atoms with Crippen molar-refractivity contribution in [2.45, 2.75) is 26.9 Å². The fourth-order valence-electron chi connectivity index (χ4n) is 1.46. The SMILES string of the molecule is CCn1cnc2ncn(CC)c2c1=O. The van der Waals surface area contributed by atoms with E-state index in [-0.39, 0.29) is 5.56 Å². The largest absolute Gasteiger partial charge is 0.325 e. The van der Waals surface area contributed by atoms with Crippen molar-refractivity contribution in [3.8, 4) is 0 Å². The molecule has 0 N–H and O–H groups in total. The first kappa shape index (κ1) is 8.93. The molecule has 5 heteroatoms. The molecule has 0 aromatic carbocycles. The van der Waals surface area contributed by atoms with Crippen LogP contribution in [0.2, 0.25) is 0 Å². The van der Waals surface area contributed by atoms with Crippen molar-refractivity contribution in [1.82, 2.24) is 19.1 Å². The smallest absolute Gasteiger partial charge is 0.279 e. The average Bonchev–Trinajstić information content (AvgIpc) is 2.62.